The zero-order chi connectivity index (χ0) is 15.5. The zero-order valence-electron chi connectivity index (χ0n) is 12.8. The van der Waals surface area contributed by atoms with E-state index in [1.165, 1.54) is 5.56 Å². The van der Waals surface area contributed by atoms with Crippen LogP contribution in [0.1, 0.15) is 37.8 Å². The van der Waals surface area contributed by atoms with Crippen LogP contribution in [0.3, 0.4) is 0 Å². The predicted molar refractivity (Wildman–Crippen MR) is 85.1 cm³/mol. The van der Waals surface area contributed by atoms with Crippen molar-refractivity contribution < 1.29 is 13.5 Å². The number of aryl methyl sites for hydroxylation is 1. The van der Waals surface area contributed by atoms with E-state index in [4.69, 9.17) is 0 Å². The molecule has 2 rings (SSSR count). The molecular formula is C16H25NO3S. The Kier molecular flexibility index (Phi) is 5.07. The number of fused-ring (bicyclic) bond motifs is 1. The third-order valence-electron chi connectivity index (χ3n) is 4.24. The number of nitrogens with one attached hydrogen (secondary N) is 1. The molecule has 1 aliphatic rings. The standard InChI is InChI=1S/C16H25NO3S/c1-3-21(19,20)11-13(2)17-12-16(18)10-6-8-14-7-4-5-9-15(14)16/h4-5,7,9,13,17-18H,3,6,8,10-12H2,1-2H3. The summed E-state index contributed by atoms with van der Waals surface area (Å²) in [7, 11) is -3.00. The van der Waals surface area contributed by atoms with Gasteiger partial charge in [0, 0.05) is 18.3 Å². The van der Waals surface area contributed by atoms with Gasteiger partial charge < -0.3 is 10.4 Å². The number of benzene rings is 1. The van der Waals surface area contributed by atoms with Crippen LogP contribution in [0.15, 0.2) is 24.3 Å². The van der Waals surface area contributed by atoms with Crippen LogP contribution < -0.4 is 5.32 Å². The summed E-state index contributed by atoms with van der Waals surface area (Å²) in [5, 5.41) is 14.1. The van der Waals surface area contributed by atoms with Crippen molar-refractivity contribution in [2.75, 3.05) is 18.1 Å². The Balaban J connectivity index is 2.03. The molecule has 4 nitrogen and oxygen atoms in total. The molecule has 0 aliphatic heterocycles. The van der Waals surface area contributed by atoms with Crippen LogP contribution in [0.4, 0.5) is 0 Å². The predicted octanol–water partition coefficient (Wildman–Crippen LogP) is 1.62. The van der Waals surface area contributed by atoms with Gasteiger partial charge in [-0.3, -0.25) is 0 Å². The molecule has 0 aromatic heterocycles. The van der Waals surface area contributed by atoms with Crippen molar-refractivity contribution in [1.82, 2.24) is 5.32 Å². The molecule has 0 spiro atoms. The minimum atomic E-state index is -3.00. The van der Waals surface area contributed by atoms with Crippen LogP contribution in [0.2, 0.25) is 0 Å². The number of hydrogen-bond donors (Lipinski definition) is 2. The topological polar surface area (TPSA) is 66.4 Å². The van der Waals surface area contributed by atoms with Crippen LogP contribution >= 0.6 is 0 Å². The zero-order valence-corrected chi connectivity index (χ0v) is 13.6. The van der Waals surface area contributed by atoms with Crippen molar-refractivity contribution in [3.05, 3.63) is 35.4 Å². The van der Waals surface area contributed by atoms with E-state index in [9.17, 15) is 13.5 Å². The Hall–Kier alpha value is -0.910. The van der Waals surface area contributed by atoms with Gasteiger partial charge in [0.1, 0.15) is 5.60 Å². The minimum Gasteiger partial charge on any atom is -0.384 e. The molecule has 0 radical (unpaired) electrons. The molecule has 2 unspecified atom stereocenters. The van der Waals surface area contributed by atoms with Crippen molar-refractivity contribution in [2.24, 2.45) is 0 Å². The molecular weight excluding hydrogens is 286 g/mol. The van der Waals surface area contributed by atoms with E-state index in [0.29, 0.717) is 13.0 Å². The highest BCUT2D eigenvalue weighted by Gasteiger charge is 2.34. The summed E-state index contributed by atoms with van der Waals surface area (Å²) in [5.41, 5.74) is 1.29. The fourth-order valence-electron chi connectivity index (χ4n) is 2.98. The van der Waals surface area contributed by atoms with E-state index in [1.54, 1.807) is 6.92 Å². The molecule has 0 heterocycles. The summed E-state index contributed by atoms with van der Waals surface area (Å²) in [6.45, 7) is 3.91. The van der Waals surface area contributed by atoms with Crippen molar-refractivity contribution in [1.29, 1.82) is 0 Å². The molecule has 1 aromatic carbocycles. The highest BCUT2D eigenvalue weighted by Crippen LogP contribution is 2.34. The molecule has 2 N–H and O–H groups in total. The Morgan fingerprint density at radius 1 is 1.38 bits per heavy atom. The molecule has 118 valence electrons. The van der Waals surface area contributed by atoms with Gasteiger partial charge in [-0.25, -0.2) is 8.42 Å². The molecule has 21 heavy (non-hydrogen) atoms. The van der Waals surface area contributed by atoms with Crippen LogP contribution in [-0.2, 0) is 21.9 Å². The molecule has 5 heteroatoms. The van der Waals surface area contributed by atoms with E-state index >= 15 is 0 Å². The maximum atomic E-state index is 11.6. The lowest BCUT2D eigenvalue weighted by atomic mass is 9.79. The Morgan fingerprint density at radius 2 is 2.10 bits per heavy atom. The average Bonchev–Trinajstić information content (AvgIpc) is 2.46. The van der Waals surface area contributed by atoms with Crippen LogP contribution in [0.5, 0.6) is 0 Å². The maximum Gasteiger partial charge on any atom is 0.151 e. The van der Waals surface area contributed by atoms with Gasteiger partial charge in [0.15, 0.2) is 9.84 Å². The monoisotopic (exact) mass is 311 g/mol. The number of hydrogen-bond acceptors (Lipinski definition) is 4. The summed E-state index contributed by atoms with van der Waals surface area (Å²) in [4.78, 5) is 0. The second kappa shape index (κ2) is 6.46. The first-order valence-corrected chi connectivity index (χ1v) is 9.43. The van der Waals surface area contributed by atoms with Gasteiger partial charge in [-0.2, -0.15) is 0 Å². The molecule has 0 amide bonds. The largest absolute Gasteiger partial charge is 0.384 e. The second-order valence-electron chi connectivity index (χ2n) is 6.02. The van der Waals surface area contributed by atoms with Crippen LogP contribution in [0.25, 0.3) is 0 Å². The Bertz CT molecular complexity index is 585. The normalized spacial score (nSPS) is 23.6. The SMILES string of the molecule is CCS(=O)(=O)CC(C)NCC1(O)CCCc2ccccc21. The van der Waals surface area contributed by atoms with E-state index in [-0.39, 0.29) is 17.5 Å². The highest BCUT2D eigenvalue weighted by atomic mass is 32.2. The van der Waals surface area contributed by atoms with Gasteiger partial charge in [-0.05, 0) is 37.3 Å². The first-order chi connectivity index (χ1) is 9.86. The molecule has 0 saturated heterocycles. The van der Waals surface area contributed by atoms with Crippen molar-refractivity contribution in [3.8, 4) is 0 Å². The molecule has 0 fully saturated rings. The summed E-state index contributed by atoms with van der Waals surface area (Å²) < 4.78 is 23.3. The molecule has 1 aliphatic carbocycles. The minimum absolute atomic E-state index is 0.112. The first-order valence-electron chi connectivity index (χ1n) is 7.61. The summed E-state index contributed by atoms with van der Waals surface area (Å²) in [6.07, 6.45) is 2.67. The lowest BCUT2D eigenvalue weighted by Crippen LogP contribution is -2.45. The Morgan fingerprint density at radius 3 is 2.81 bits per heavy atom. The molecule has 0 saturated carbocycles. The van der Waals surface area contributed by atoms with Crippen LogP contribution in [0, 0.1) is 0 Å². The van der Waals surface area contributed by atoms with Gasteiger partial charge in [-0.15, -0.1) is 0 Å². The van der Waals surface area contributed by atoms with Gasteiger partial charge in [-0.1, -0.05) is 31.2 Å². The number of sulfone groups is 1. The second-order valence-corrected chi connectivity index (χ2v) is 8.42. The summed E-state index contributed by atoms with van der Waals surface area (Å²) in [5.74, 6) is 0.271. The van der Waals surface area contributed by atoms with Crippen molar-refractivity contribution in [3.63, 3.8) is 0 Å². The van der Waals surface area contributed by atoms with E-state index in [2.05, 4.69) is 11.4 Å². The fourth-order valence-corrected chi connectivity index (χ4v) is 4.10. The van der Waals surface area contributed by atoms with E-state index in [0.717, 1.165) is 18.4 Å². The maximum absolute atomic E-state index is 11.6. The molecule has 1 aromatic rings. The molecule has 0 bridgehead atoms. The fraction of sp³-hybridized carbons (Fsp3) is 0.625. The average molecular weight is 311 g/mol. The lowest BCUT2D eigenvalue weighted by Gasteiger charge is -2.35. The molecule has 2 atom stereocenters. The van der Waals surface area contributed by atoms with Gasteiger partial charge in [0.2, 0.25) is 0 Å². The number of aliphatic hydroxyl groups is 1. The smallest absolute Gasteiger partial charge is 0.151 e. The highest BCUT2D eigenvalue weighted by molar-refractivity contribution is 7.91. The van der Waals surface area contributed by atoms with E-state index < -0.39 is 15.4 Å². The summed E-state index contributed by atoms with van der Waals surface area (Å²) >= 11 is 0. The van der Waals surface area contributed by atoms with Gasteiger partial charge in [0.25, 0.3) is 0 Å². The van der Waals surface area contributed by atoms with Gasteiger partial charge >= 0.3 is 0 Å². The Labute approximate surface area is 127 Å². The van der Waals surface area contributed by atoms with Crippen molar-refractivity contribution in [2.45, 2.75) is 44.8 Å². The first kappa shape index (κ1) is 16.5. The quantitative estimate of drug-likeness (QED) is 0.838. The summed E-state index contributed by atoms with van der Waals surface area (Å²) in [6, 6.07) is 7.82. The van der Waals surface area contributed by atoms with Crippen molar-refractivity contribution >= 4 is 9.84 Å². The van der Waals surface area contributed by atoms with E-state index in [1.807, 2.05) is 25.1 Å². The third kappa shape index (κ3) is 4.05. The van der Waals surface area contributed by atoms with Crippen LogP contribution in [-0.4, -0.2) is 37.6 Å². The lowest BCUT2D eigenvalue weighted by molar-refractivity contribution is 0.0176. The number of rotatable bonds is 6. The third-order valence-corrected chi connectivity index (χ3v) is 6.13. The van der Waals surface area contributed by atoms with Gasteiger partial charge in [0.05, 0.1) is 5.75 Å².